The van der Waals surface area contributed by atoms with Gasteiger partial charge >= 0.3 is 6.03 Å². The van der Waals surface area contributed by atoms with Crippen LogP contribution in [0.4, 0.5) is 14.9 Å². The molecule has 1 fully saturated rings. The standard InChI is InChI=1S/C17H18N4OS2/c1-12-4-5-13-14(11-12)24-17(18-13)21-8-6-20(7-9-21)16(22)19-15-3-2-10-23-15/h2-5,10-11H,6-9H2,1H3,(H,19,22). The van der Waals surface area contributed by atoms with E-state index in [0.717, 1.165) is 28.7 Å². The van der Waals surface area contributed by atoms with Crippen molar-refractivity contribution in [2.24, 2.45) is 0 Å². The molecule has 1 N–H and O–H groups in total. The first-order valence-corrected chi connectivity index (χ1v) is 9.60. The van der Waals surface area contributed by atoms with E-state index in [2.05, 4.69) is 35.3 Å². The Kier molecular flexibility index (Phi) is 4.12. The lowest BCUT2D eigenvalue weighted by Crippen LogP contribution is -2.50. The van der Waals surface area contributed by atoms with Gasteiger partial charge in [-0.25, -0.2) is 9.78 Å². The lowest BCUT2D eigenvalue weighted by Gasteiger charge is -2.34. The van der Waals surface area contributed by atoms with E-state index in [-0.39, 0.29) is 6.03 Å². The molecule has 1 aliphatic rings. The number of thiazole rings is 1. The minimum absolute atomic E-state index is 0.0166. The number of amides is 2. The quantitative estimate of drug-likeness (QED) is 0.753. The summed E-state index contributed by atoms with van der Waals surface area (Å²) < 4.78 is 1.22. The molecule has 124 valence electrons. The van der Waals surface area contributed by atoms with E-state index in [9.17, 15) is 4.79 Å². The van der Waals surface area contributed by atoms with Gasteiger partial charge in [-0.1, -0.05) is 17.4 Å². The Morgan fingerprint density at radius 2 is 2.04 bits per heavy atom. The van der Waals surface area contributed by atoms with Crippen molar-refractivity contribution in [3.63, 3.8) is 0 Å². The number of aryl methyl sites for hydroxylation is 1. The molecule has 0 saturated carbocycles. The fraction of sp³-hybridized carbons (Fsp3) is 0.294. The molecule has 1 aliphatic heterocycles. The Balaban J connectivity index is 1.40. The van der Waals surface area contributed by atoms with Crippen molar-refractivity contribution in [2.75, 3.05) is 36.4 Å². The van der Waals surface area contributed by atoms with Crippen molar-refractivity contribution >= 4 is 49.1 Å². The third kappa shape index (κ3) is 3.09. The molecular formula is C17H18N4OS2. The highest BCUT2D eigenvalue weighted by molar-refractivity contribution is 7.22. The molecule has 0 radical (unpaired) electrons. The molecule has 7 heteroatoms. The lowest BCUT2D eigenvalue weighted by atomic mass is 10.2. The van der Waals surface area contributed by atoms with Crippen LogP contribution in [-0.4, -0.2) is 42.1 Å². The SMILES string of the molecule is Cc1ccc2nc(N3CCN(C(=O)Nc4cccs4)CC3)sc2c1. The fourth-order valence-corrected chi connectivity index (χ4v) is 4.51. The van der Waals surface area contributed by atoms with Gasteiger partial charge in [0.2, 0.25) is 0 Å². The molecule has 0 aliphatic carbocycles. The number of aromatic nitrogens is 1. The van der Waals surface area contributed by atoms with Crippen LogP contribution in [0.25, 0.3) is 10.2 Å². The predicted octanol–water partition coefficient (Wildman–Crippen LogP) is 4.02. The molecule has 3 heterocycles. The molecule has 2 amide bonds. The number of hydrogen-bond donors (Lipinski definition) is 1. The van der Waals surface area contributed by atoms with Crippen LogP contribution in [0, 0.1) is 6.92 Å². The summed E-state index contributed by atoms with van der Waals surface area (Å²) in [7, 11) is 0. The van der Waals surface area contributed by atoms with Crippen LogP contribution < -0.4 is 10.2 Å². The molecule has 0 unspecified atom stereocenters. The van der Waals surface area contributed by atoms with Crippen LogP contribution >= 0.6 is 22.7 Å². The van der Waals surface area contributed by atoms with Crippen LogP contribution in [0.15, 0.2) is 35.7 Å². The van der Waals surface area contributed by atoms with Gasteiger partial charge in [0.05, 0.1) is 15.2 Å². The van der Waals surface area contributed by atoms with Crippen molar-refractivity contribution in [1.29, 1.82) is 0 Å². The van der Waals surface area contributed by atoms with E-state index in [1.165, 1.54) is 21.6 Å². The highest BCUT2D eigenvalue weighted by atomic mass is 32.1. The van der Waals surface area contributed by atoms with Crippen LogP contribution in [-0.2, 0) is 0 Å². The van der Waals surface area contributed by atoms with Gasteiger partial charge in [0.25, 0.3) is 0 Å². The van der Waals surface area contributed by atoms with Gasteiger partial charge < -0.3 is 9.80 Å². The zero-order valence-corrected chi connectivity index (χ0v) is 15.0. The molecule has 0 atom stereocenters. The average molecular weight is 358 g/mol. The summed E-state index contributed by atoms with van der Waals surface area (Å²) in [6.07, 6.45) is 0. The summed E-state index contributed by atoms with van der Waals surface area (Å²) in [5.41, 5.74) is 2.31. The second-order valence-corrected chi connectivity index (χ2v) is 7.81. The number of fused-ring (bicyclic) bond motifs is 1. The molecule has 1 aromatic carbocycles. The largest absolute Gasteiger partial charge is 0.345 e. The number of nitrogens with zero attached hydrogens (tertiary/aromatic N) is 3. The monoisotopic (exact) mass is 358 g/mol. The summed E-state index contributed by atoms with van der Waals surface area (Å²) in [5, 5.41) is 6.85. The predicted molar refractivity (Wildman–Crippen MR) is 101 cm³/mol. The maximum Gasteiger partial charge on any atom is 0.322 e. The molecule has 0 spiro atoms. The lowest BCUT2D eigenvalue weighted by molar-refractivity contribution is 0.208. The molecule has 1 saturated heterocycles. The van der Waals surface area contributed by atoms with E-state index < -0.39 is 0 Å². The van der Waals surface area contributed by atoms with Crippen molar-refractivity contribution in [3.05, 3.63) is 41.3 Å². The number of hydrogen-bond acceptors (Lipinski definition) is 5. The van der Waals surface area contributed by atoms with Crippen LogP contribution in [0.3, 0.4) is 0 Å². The minimum atomic E-state index is -0.0166. The van der Waals surface area contributed by atoms with Gasteiger partial charge in [-0.05, 0) is 42.1 Å². The zero-order chi connectivity index (χ0) is 16.5. The number of carbonyl (C=O) groups excluding carboxylic acids is 1. The highest BCUT2D eigenvalue weighted by Crippen LogP contribution is 2.30. The van der Waals surface area contributed by atoms with E-state index in [1.807, 2.05) is 22.4 Å². The number of urea groups is 1. The second kappa shape index (κ2) is 6.41. The van der Waals surface area contributed by atoms with Crippen LogP contribution in [0.5, 0.6) is 0 Å². The topological polar surface area (TPSA) is 48.5 Å². The third-order valence-electron chi connectivity index (χ3n) is 4.12. The van der Waals surface area contributed by atoms with Crippen molar-refractivity contribution in [1.82, 2.24) is 9.88 Å². The Labute approximate surface area is 148 Å². The number of benzene rings is 1. The molecule has 24 heavy (non-hydrogen) atoms. The van der Waals surface area contributed by atoms with Gasteiger partial charge in [0, 0.05) is 26.2 Å². The third-order valence-corrected chi connectivity index (χ3v) is 5.99. The summed E-state index contributed by atoms with van der Waals surface area (Å²) in [6, 6.07) is 10.2. The Bertz CT molecular complexity index is 851. The van der Waals surface area contributed by atoms with E-state index in [0.29, 0.717) is 13.1 Å². The zero-order valence-electron chi connectivity index (χ0n) is 13.4. The number of anilines is 2. The molecule has 5 nitrogen and oxygen atoms in total. The summed E-state index contributed by atoms with van der Waals surface area (Å²) >= 11 is 3.27. The van der Waals surface area contributed by atoms with Gasteiger partial charge in [-0.15, -0.1) is 11.3 Å². The van der Waals surface area contributed by atoms with Crippen molar-refractivity contribution < 1.29 is 4.79 Å². The van der Waals surface area contributed by atoms with Crippen molar-refractivity contribution in [2.45, 2.75) is 6.92 Å². The summed E-state index contributed by atoms with van der Waals surface area (Å²) in [4.78, 5) is 21.2. The number of nitrogens with one attached hydrogen (secondary N) is 1. The first-order chi connectivity index (χ1) is 11.7. The van der Waals surface area contributed by atoms with Crippen LogP contribution in [0.1, 0.15) is 5.56 Å². The van der Waals surface area contributed by atoms with Crippen molar-refractivity contribution in [3.8, 4) is 0 Å². The Hall–Kier alpha value is -2.12. The number of piperazine rings is 1. The maximum atomic E-state index is 12.3. The number of thiophene rings is 1. The van der Waals surface area contributed by atoms with E-state index in [4.69, 9.17) is 4.98 Å². The molecule has 2 aromatic heterocycles. The number of carbonyl (C=O) groups is 1. The van der Waals surface area contributed by atoms with Gasteiger partial charge in [-0.2, -0.15) is 0 Å². The summed E-state index contributed by atoms with van der Waals surface area (Å²) in [5.74, 6) is 0. The first kappa shape index (κ1) is 15.4. The molecule has 4 rings (SSSR count). The van der Waals surface area contributed by atoms with Crippen LogP contribution in [0.2, 0.25) is 0 Å². The van der Waals surface area contributed by atoms with Gasteiger partial charge in [0.1, 0.15) is 0 Å². The average Bonchev–Trinajstić information content (AvgIpc) is 3.24. The Morgan fingerprint density at radius 3 is 2.79 bits per heavy atom. The molecule has 3 aromatic rings. The normalized spacial score (nSPS) is 15.0. The fourth-order valence-electron chi connectivity index (χ4n) is 2.79. The van der Waals surface area contributed by atoms with Gasteiger partial charge in [-0.3, -0.25) is 5.32 Å². The highest BCUT2D eigenvalue weighted by Gasteiger charge is 2.23. The van der Waals surface area contributed by atoms with E-state index in [1.54, 1.807) is 11.3 Å². The molecule has 0 bridgehead atoms. The Morgan fingerprint density at radius 1 is 1.21 bits per heavy atom. The first-order valence-electron chi connectivity index (χ1n) is 7.90. The van der Waals surface area contributed by atoms with E-state index >= 15 is 0 Å². The minimum Gasteiger partial charge on any atom is -0.345 e. The van der Waals surface area contributed by atoms with Gasteiger partial charge in [0.15, 0.2) is 5.13 Å². The smallest absolute Gasteiger partial charge is 0.322 e. The summed E-state index contributed by atoms with van der Waals surface area (Å²) in [6.45, 7) is 5.16. The second-order valence-electron chi connectivity index (χ2n) is 5.85. The maximum absolute atomic E-state index is 12.3. The number of rotatable bonds is 2. The molecular weight excluding hydrogens is 340 g/mol.